The van der Waals surface area contributed by atoms with E-state index in [1.807, 2.05) is 19.1 Å². The van der Waals surface area contributed by atoms with Crippen LogP contribution in [0.1, 0.15) is 44.7 Å². The number of hydrogen-bond donors (Lipinski definition) is 1. The molecular formula is C22H23NO5. The molecule has 1 aliphatic rings. The van der Waals surface area contributed by atoms with Gasteiger partial charge in [-0.2, -0.15) is 0 Å². The molecule has 6 heteroatoms. The normalized spacial score (nSPS) is 15.8. The number of amides is 1. The van der Waals surface area contributed by atoms with Crippen LogP contribution in [0.3, 0.4) is 0 Å². The maximum absolute atomic E-state index is 12.8. The SMILES string of the molecule is Cc1ccc(C(=O)c2ccccc2C(=O)OCC(=O)NC[C@@H]2CCCO2)cc1. The lowest BCUT2D eigenvalue weighted by atomic mass is 9.98. The highest BCUT2D eigenvalue weighted by atomic mass is 16.5. The first-order valence-corrected chi connectivity index (χ1v) is 9.30. The van der Waals surface area contributed by atoms with Crippen LogP contribution in [0, 0.1) is 6.92 Å². The molecule has 6 nitrogen and oxygen atoms in total. The molecule has 0 bridgehead atoms. The zero-order valence-corrected chi connectivity index (χ0v) is 15.8. The Labute approximate surface area is 163 Å². The molecule has 0 aromatic heterocycles. The molecule has 0 spiro atoms. The van der Waals surface area contributed by atoms with Crippen molar-refractivity contribution in [1.29, 1.82) is 0 Å². The molecule has 28 heavy (non-hydrogen) atoms. The van der Waals surface area contributed by atoms with Gasteiger partial charge in [0.15, 0.2) is 12.4 Å². The molecule has 1 amide bonds. The Morgan fingerprint density at radius 3 is 2.46 bits per heavy atom. The average molecular weight is 381 g/mol. The summed E-state index contributed by atoms with van der Waals surface area (Å²) in [5.41, 5.74) is 1.91. The predicted molar refractivity (Wildman–Crippen MR) is 103 cm³/mol. The Morgan fingerprint density at radius 1 is 1.07 bits per heavy atom. The van der Waals surface area contributed by atoms with Crippen molar-refractivity contribution < 1.29 is 23.9 Å². The van der Waals surface area contributed by atoms with E-state index in [0.717, 1.165) is 18.4 Å². The van der Waals surface area contributed by atoms with Gasteiger partial charge >= 0.3 is 5.97 Å². The molecule has 0 unspecified atom stereocenters. The summed E-state index contributed by atoms with van der Waals surface area (Å²) in [6.07, 6.45) is 1.92. The first kappa shape index (κ1) is 19.8. The standard InChI is InChI=1S/C22H23NO5/c1-15-8-10-16(11-9-15)21(25)18-6-2-3-7-19(18)22(26)28-14-20(24)23-13-17-5-4-12-27-17/h2-3,6-11,17H,4-5,12-14H2,1H3,(H,23,24)/t17-/m0/s1. The van der Waals surface area contributed by atoms with Gasteiger partial charge in [0, 0.05) is 24.3 Å². The zero-order valence-electron chi connectivity index (χ0n) is 15.8. The molecular weight excluding hydrogens is 358 g/mol. The number of carbonyl (C=O) groups excluding carboxylic acids is 3. The molecule has 3 rings (SSSR count). The highest BCUT2D eigenvalue weighted by Gasteiger charge is 2.20. The van der Waals surface area contributed by atoms with Crippen molar-refractivity contribution in [3.05, 3.63) is 70.8 Å². The van der Waals surface area contributed by atoms with Crippen molar-refractivity contribution in [3.63, 3.8) is 0 Å². The topological polar surface area (TPSA) is 81.7 Å². The van der Waals surface area contributed by atoms with E-state index in [2.05, 4.69) is 5.32 Å². The van der Waals surface area contributed by atoms with E-state index in [9.17, 15) is 14.4 Å². The van der Waals surface area contributed by atoms with E-state index < -0.39 is 18.5 Å². The third-order valence-electron chi connectivity index (χ3n) is 4.59. The summed E-state index contributed by atoms with van der Waals surface area (Å²) in [6, 6.07) is 13.6. The number of esters is 1. The first-order valence-electron chi connectivity index (χ1n) is 9.30. The fourth-order valence-electron chi connectivity index (χ4n) is 3.01. The maximum atomic E-state index is 12.8. The summed E-state index contributed by atoms with van der Waals surface area (Å²) < 4.78 is 10.5. The van der Waals surface area contributed by atoms with E-state index >= 15 is 0 Å². The molecule has 1 fully saturated rings. The quantitative estimate of drug-likeness (QED) is 0.589. The fourth-order valence-corrected chi connectivity index (χ4v) is 3.01. The van der Waals surface area contributed by atoms with E-state index in [-0.39, 0.29) is 23.0 Å². The van der Waals surface area contributed by atoms with E-state index in [1.54, 1.807) is 30.3 Å². The van der Waals surface area contributed by atoms with Crippen LogP contribution in [0.4, 0.5) is 0 Å². The van der Waals surface area contributed by atoms with Gasteiger partial charge in [-0.15, -0.1) is 0 Å². The van der Waals surface area contributed by atoms with Gasteiger partial charge in [-0.05, 0) is 25.8 Å². The maximum Gasteiger partial charge on any atom is 0.339 e. The summed E-state index contributed by atoms with van der Waals surface area (Å²) in [4.78, 5) is 37.1. The van der Waals surface area contributed by atoms with Crippen molar-refractivity contribution in [1.82, 2.24) is 5.32 Å². The van der Waals surface area contributed by atoms with Crippen molar-refractivity contribution in [3.8, 4) is 0 Å². The highest BCUT2D eigenvalue weighted by molar-refractivity contribution is 6.14. The monoisotopic (exact) mass is 381 g/mol. The summed E-state index contributed by atoms with van der Waals surface area (Å²) in [6.45, 7) is 2.64. The minimum Gasteiger partial charge on any atom is -0.452 e. The lowest BCUT2D eigenvalue weighted by molar-refractivity contribution is -0.124. The molecule has 1 aliphatic heterocycles. The van der Waals surface area contributed by atoms with Crippen LogP contribution in [0.2, 0.25) is 0 Å². The molecule has 1 atom stereocenters. The third-order valence-corrected chi connectivity index (χ3v) is 4.59. The second-order valence-electron chi connectivity index (χ2n) is 6.76. The van der Waals surface area contributed by atoms with Crippen LogP contribution >= 0.6 is 0 Å². The van der Waals surface area contributed by atoms with Gasteiger partial charge in [-0.1, -0.05) is 48.0 Å². The average Bonchev–Trinajstić information content (AvgIpc) is 3.24. The van der Waals surface area contributed by atoms with E-state index in [4.69, 9.17) is 9.47 Å². The summed E-state index contributed by atoms with van der Waals surface area (Å²) >= 11 is 0. The fraction of sp³-hybridized carbons (Fsp3) is 0.318. The van der Waals surface area contributed by atoms with Gasteiger partial charge in [0.1, 0.15) is 0 Å². The zero-order chi connectivity index (χ0) is 19.9. The van der Waals surface area contributed by atoms with E-state index in [1.165, 1.54) is 6.07 Å². The van der Waals surface area contributed by atoms with Crippen molar-refractivity contribution >= 4 is 17.7 Å². The number of ketones is 1. The Kier molecular flexibility index (Phi) is 6.55. The molecule has 2 aromatic rings. The third kappa shape index (κ3) is 5.04. The van der Waals surface area contributed by atoms with Crippen molar-refractivity contribution in [2.75, 3.05) is 19.8 Å². The minimum atomic E-state index is -0.705. The number of benzene rings is 2. The van der Waals surface area contributed by atoms with Gasteiger partial charge in [-0.3, -0.25) is 9.59 Å². The Morgan fingerprint density at radius 2 is 1.79 bits per heavy atom. The highest BCUT2D eigenvalue weighted by Crippen LogP contribution is 2.16. The molecule has 0 saturated carbocycles. The molecule has 1 N–H and O–H groups in total. The van der Waals surface area contributed by atoms with Gasteiger partial charge in [0.2, 0.25) is 0 Å². The minimum absolute atomic E-state index is 0.0208. The number of hydrogen-bond acceptors (Lipinski definition) is 5. The summed E-state index contributed by atoms with van der Waals surface area (Å²) in [5, 5.41) is 2.69. The van der Waals surface area contributed by atoms with Crippen LogP contribution < -0.4 is 5.32 Å². The van der Waals surface area contributed by atoms with Gasteiger partial charge < -0.3 is 14.8 Å². The molecule has 2 aromatic carbocycles. The van der Waals surface area contributed by atoms with Gasteiger partial charge in [-0.25, -0.2) is 4.79 Å². The number of carbonyl (C=O) groups is 3. The van der Waals surface area contributed by atoms with Crippen molar-refractivity contribution in [2.45, 2.75) is 25.9 Å². The molecule has 146 valence electrons. The summed E-state index contributed by atoms with van der Waals surface area (Å²) in [7, 11) is 0. The Bertz CT molecular complexity index is 853. The molecule has 0 radical (unpaired) electrons. The Balaban J connectivity index is 1.61. The van der Waals surface area contributed by atoms with Gasteiger partial charge in [0.05, 0.1) is 11.7 Å². The smallest absolute Gasteiger partial charge is 0.339 e. The predicted octanol–water partition coefficient (Wildman–Crippen LogP) is 2.68. The largest absolute Gasteiger partial charge is 0.452 e. The second kappa shape index (κ2) is 9.28. The second-order valence-corrected chi connectivity index (χ2v) is 6.76. The number of nitrogens with one attached hydrogen (secondary N) is 1. The lowest BCUT2D eigenvalue weighted by Gasteiger charge is -2.12. The van der Waals surface area contributed by atoms with E-state index in [0.29, 0.717) is 18.7 Å². The van der Waals surface area contributed by atoms with Crippen LogP contribution in [0.25, 0.3) is 0 Å². The summed E-state index contributed by atoms with van der Waals surface area (Å²) in [5.74, 6) is -1.37. The van der Waals surface area contributed by atoms with Crippen molar-refractivity contribution in [2.24, 2.45) is 0 Å². The molecule has 0 aliphatic carbocycles. The van der Waals surface area contributed by atoms with Crippen LogP contribution in [0.15, 0.2) is 48.5 Å². The Hall–Kier alpha value is -2.99. The van der Waals surface area contributed by atoms with Crippen LogP contribution in [-0.4, -0.2) is 43.5 Å². The van der Waals surface area contributed by atoms with Crippen LogP contribution in [0.5, 0.6) is 0 Å². The van der Waals surface area contributed by atoms with Gasteiger partial charge in [0.25, 0.3) is 5.91 Å². The number of ether oxygens (including phenoxy) is 2. The molecule has 1 heterocycles. The van der Waals surface area contributed by atoms with Crippen LogP contribution in [-0.2, 0) is 14.3 Å². The number of rotatable bonds is 7. The first-order chi connectivity index (χ1) is 13.5. The number of aryl methyl sites for hydroxylation is 1. The molecule has 1 saturated heterocycles. The lowest BCUT2D eigenvalue weighted by Crippen LogP contribution is -2.34.